The highest BCUT2D eigenvalue weighted by molar-refractivity contribution is 5.93. The van der Waals surface area contributed by atoms with Crippen molar-refractivity contribution in [1.82, 2.24) is 20.0 Å². The van der Waals surface area contributed by atoms with Gasteiger partial charge in [0.05, 0.1) is 25.4 Å². The van der Waals surface area contributed by atoms with Crippen LogP contribution in [0.15, 0.2) is 36.7 Å². The highest BCUT2D eigenvalue weighted by Crippen LogP contribution is 2.30. The molecule has 27 heavy (non-hydrogen) atoms. The molecule has 0 bridgehead atoms. The number of nitrogens with zero attached hydrogens (tertiary/aromatic N) is 3. The third-order valence-corrected chi connectivity index (χ3v) is 5.21. The van der Waals surface area contributed by atoms with Gasteiger partial charge in [-0.2, -0.15) is 5.10 Å². The number of ether oxygens (including phenoxy) is 2. The number of carbonyl (C=O) groups is 2. The zero-order valence-corrected chi connectivity index (χ0v) is 15.2. The lowest BCUT2D eigenvalue weighted by atomic mass is 9.95. The molecule has 1 atom stereocenters. The molecule has 1 aromatic carbocycles. The molecule has 1 spiro atoms. The number of hydrogen-bond acceptors (Lipinski definition) is 5. The SMILES string of the molecule is COc1ccccc1-n1cc(C(=O)N2CCCC3(CC2)CNC(=O)O3)cn1. The zero-order valence-electron chi connectivity index (χ0n) is 15.2. The Balaban J connectivity index is 1.49. The lowest BCUT2D eigenvalue weighted by Crippen LogP contribution is -2.36. The number of aromatic nitrogens is 2. The first-order valence-electron chi connectivity index (χ1n) is 9.04. The molecule has 0 saturated carbocycles. The van der Waals surface area contributed by atoms with Crippen molar-refractivity contribution >= 4 is 12.0 Å². The molecule has 2 aromatic rings. The Morgan fingerprint density at radius 2 is 2.15 bits per heavy atom. The summed E-state index contributed by atoms with van der Waals surface area (Å²) >= 11 is 0. The molecular formula is C19H22N4O4. The highest BCUT2D eigenvalue weighted by atomic mass is 16.6. The van der Waals surface area contributed by atoms with Gasteiger partial charge in [-0.3, -0.25) is 4.79 Å². The number of para-hydroxylation sites is 2. The van der Waals surface area contributed by atoms with Crippen molar-refractivity contribution in [3.8, 4) is 11.4 Å². The van der Waals surface area contributed by atoms with Crippen LogP contribution in [0, 0.1) is 0 Å². The van der Waals surface area contributed by atoms with E-state index in [9.17, 15) is 9.59 Å². The smallest absolute Gasteiger partial charge is 0.407 e. The summed E-state index contributed by atoms with van der Waals surface area (Å²) in [6.45, 7) is 1.70. The van der Waals surface area contributed by atoms with Gasteiger partial charge in [0.15, 0.2) is 0 Å². The normalized spacial score (nSPS) is 22.3. The largest absolute Gasteiger partial charge is 0.494 e. The van der Waals surface area contributed by atoms with E-state index in [-0.39, 0.29) is 12.0 Å². The molecule has 1 unspecified atom stereocenters. The Kier molecular flexibility index (Phi) is 4.47. The van der Waals surface area contributed by atoms with Crippen molar-refractivity contribution in [3.63, 3.8) is 0 Å². The van der Waals surface area contributed by atoms with Crippen LogP contribution >= 0.6 is 0 Å². The third-order valence-electron chi connectivity index (χ3n) is 5.21. The minimum Gasteiger partial charge on any atom is -0.494 e. The molecule has 4 rings (SSSR count). The lowest BCUT2D eigenvalue weighted by molar-refractivity contribution is 0.0438. The molecule has 2 aliphatic heterocycles. The molecule has 8 heteroatoms. The summed E-state index contributed by atoms with van der Waals surface area (Å²) < 4.78 is 12.5. The van der Waals surface area contributed by atoms with E-state index in [1.54, 1.807) is 24.2 Å². The van der Waals surface area contributed by atoms with Gasteiger partial charge in [-0.05, 0) is 25.0 Å². The van der Waals surface area contributed by atoms with Gasteiger partial charge >= 0.3 is 6.09 Å². The van der Waals surface area contributed by atoms with E-state index < -0.39 is 5.60 Å². The molecule has 3 heterocycles. The van der Waals surface area contributed by atoms with Gasteiger partial charge in [-0.1, -0.05) is 12.1 Å². The third kappa shape index (κ3) is 3.34. The van der Waals surface area contributed by atoms with Crippen LogP contribution in [0.2, 0.25) is 0 Å². The molecule has 1 aromatic heterocycles. The number of hydrogen-bond donors (Lipinski definition) is 1. The van der Waals surface area contributed by atoms with Crippen LogP contribution in [-0.4, -0.2) is 59.0 Å². The maximum absolute atomic E-state index is 12.9. The summed E-state index contributed by atoms with van der Waals surface area (Å²) in [6, 6.07) is 7.52. The molecule has 142 valence electrons. The van der Waals surface area contributed by atoms with Crippen LogP contribution in [0.4, 0.5) is 4.79 Å². The van der Waals surface area contributed by atoms with E-state index in [1.165, 1.54) is 0 Å². The molecule has 2 fully saturated rings. The molecule has 0 radical (unpaired) electrons. The average Bonchev–Trinajstić information content (AvgIpc) is 3.25. The Morgan fingerprint density at radius 1 is 1.30 bits per heavy atom. The van der Waals surface area contributed by atoms with Gasteiger partial charge in [0, 0.05) is 25.7 Å². The standard InChI is InChI=1S/C19H22N4O4/c1-26-16-6-3-2-5-15(16)23-12-14(11-21-23)17(24)22-9-4-7-19(8-10-22)13-20-18(25)27-19/h2-3,5-6,11-12H,4,7-10,13H2,1H3,(H,20,25). The summed E-state index contributed by atoms with van der Waals surface area (Å²) in [5.41, 5.74) is 0.824. The number of likely N-dealkylation sites (tertiary alicyclic amines) is 1. The Hall–Kier alpha value is -3.03. The van der Waals surface area contributed by atoms with Crippen LogP contribution in [0.1, 0.15) is 29.6 Å². The molecule has 2 amide bonds. The molecule has 1 N–H and O–H groups in total. The monoisotopic (exact) mass is 370 g/mol. The lowest BCUT2D eigenvalue weighted by Gasteiger charge is -2.24. The first-order chi connectivity index (χ1) is 13.1. The Morgan fingerprint density at radius 3 is 2.93 bits per heavy atom. The number of methoxy groups -OCH3 is 1. The number of nitrogens with one attached hydrogen (secondary N) is 1. The number of amides is 2. The maximum Gasteiger partial charge on any atom is 0.407 e. The molecule has 2 saturated heterocycles. The second-order valence-electron chi connectivity index (χ2n) is 6.92. The fraction of sp³-hybridized carbons (Fsp3) is 0.421. The van der Waals surface area contributed by atoms with Crippen molar-refractivity contribution in [2.75, 3.05) is 26.7 Å². The van der Waals surface area contributed by atoms with E-state index in [0.29, 0.717) is 37.4 Å². The second kappa shape index (κ2) is 6.94. The number of rotatable bonds is 3. The molecule has 2 aliphatic rings. The van der Waals surface area contributed by atoms with Crippen LogP contribution in [0.25, 0.3) is 5.69 Å². The molecule has 8 nitrogen and oxygen atoms in total. The molecule has 0 aliphatic carbocycles. The van der Waals surface area contributed by atoms with Gasteiger partial charge < -0.3 is 19.7 Å². The van der Waals surface area contributed by atoms with Crippen molar-refractivity contribution in [2.24, 2.45) is 0 Å². The fourth-order valence-electron chi connectivity index (χ4n) is 3.72. The fourth-order valence-corrected chi connectivity index (χ4v) is 3.72. The van der Waals surface area contributed by atoms with Gasteiger partial charge in [0.2, 0.25) is 0 Å². The Labute approximate surface area is 157 Å². The van der Waals surface area contributed by atoms with Crippen LogP contribution < -0.4 is 10.1 Å². The van der Waals surface area contributed by atoms with Crippen molar-refractivity contribution < 1.29 is 19.1 Å². The zero-order chi connectivity index (χ0) is 18.9. The van der Waals surface area contributed by atoms with Crippen LogP contribution in [0.5, 0.6) is 5.75 Å². The van der Waals surface area contributed by atoms with Crippen molar-refractivity contribution in [3.05, 3.63) is 42.2 Å². The summed E-state index contributed by atoms with van der Waals surface area (Å²) in [4.78, 5) is 26.2. The highest BCUT2D eigenvalue weighted by Gasteiger charge is 2.42. The van der Waals surface area contributed by atoms with Gasteiger partial charge in [-0.25, -0.2) is 9.48 Å². The van der Waals surface area contributed by atoms with Crippen molar-refractivity contribution in [2.45, 2.75) is 24.9 Å². The maximum atomic E-state index is 12.9. The predicted molar refractivity (Wildman–Crippen MR) is 97.1 cm³/mol. The topological polar surface area (TPSA) is 85.7 Å². The summed E-state index contributed by atoms with van der Waals surface area (Å²) in [7, 11) is 1.60. The Bertz CT molecular complexity index is 865. The van der Waals surface area contributed by atoms with Crippen molar-refractivity contribution in [1.29, 1.82) is 0 Å². The van der Waals surface area contributed by atoms with E-state index in [0.717, 1.165) is 18.5 Å². The van der Waals surface area contributed by atoms with Gasteiger partial charge in [0.25, 0.3) is 5.91 Å². The number of carbonyl (C=O) groups excluding carboxylic acids is 2. The summed E-state index contributed by atoms with van der Waals surface area (Å²) in [5.74, 6) is 0.623. The summed E-state index contributed by atoms with van der Waals surface area (Å²) in [5, 5.41) is 7.05. The van der Waals surface area contributed by atoms with Gasteiger partial charge in [0.1, 0.15) is 17.0 Å². The van der Waals surface area contributed by atoms with Gasteiger partial charge in [-0.15, -0.1) is 0 Å². The average molecular weight is 370 g/mol. The second-order valence-corrected chi connectivity index (χ2v) is 6.92. The van der Waals surface area contributed by atoms with E-state index in [1.807, 2.05) is 29.2 Å². The first-order valence-corrected chi connectivity index (χ1v) is 9.04. The predicted octanol–water partition coefficient (Wildman–Crippen LogP) is 1.99. The van der Waals surface area contributed by atoms with Crippen LogP contribution in [0.3, 0.4) is 0 Å². The minimum atomic E-state index is -0.478. The first kappa shape index (κ1) is 17.4. The summed E-state index contributed by atoms with van der Waals surface area (Å²) in [6.07, 6.45) is 5.12. The van der Waals surface area contributed by atoms with E-state index in [4.69, 9.17) is 9.47 Å². The van der Waals surface area contributed by atoms with E-state index >= 15 is 0 Å². The quantitative estimate of drug-likeness (QED) is 0.893. The number of alkyl carbamates (subject to hydrolysis) is 1. The van der Waals surface area contributed by atoms with Crippen LogP contribution in [-0.2, 0) is 4.74 Å². The number of benzene rings is 1. The molecular weight excluding hydrogens is 348 g/mol. The minimum absolute atomic E-state index is 0.0644. The van der Waals surface area contributed by atoms with E-state index in [2.05, 4.69) is 10.4 Å².